The van der Waals surface area contributed by atoms with Crippen LogP contribution in [-0.2, 0) is 9.53 Å². The van der Waals surface area contributed by atoms with Crippen LogP contribution in [0.1, 0.15) is 80.1 Å². The van der Waals surface area contributed by atoms with Crippen LogP contribution in [-0.4, -0.2) is 11.6 Å². The molecule has 4 rings (SSSR count). The van der Waals surface area contributed by atoms with Crippen molar-refractivity contribution in [3.8, 4) is 0 Å². The fourth-order valence-corrected chi connectivity index (χ4v) is 5.56. The summed E-state index contributed by atoms with van der Waals surface area (Å²) in [5.74, 6) is 2.96. The monoisotopic (exact) mass is 306 g/mol. The van der Waals surface area contributed by atoms with Crippen molar-refractivity contribution in [3.63, 3.8) is 0 Å². The van der Waals surface area contributed by atoms with E-state index < -0.39 is 5.41 Å². The molecule has 4 fully saturated rings. The molecule has 2 nitrogen and oxygen atoms in total. The summed E-state index contributed by atoms with van der Waals surface area (Å²) >= 11 is 0. The van der Waals surface area contributed by atoms with Gasteiger partial charge in [-0.1, -0.05) is 13.8 Å². The molecule has 0 atom stereocenters. The van der Waals surface area contributed by atoms with Crippen LogP contribution in [0.15, 0.2) is 0 Å². The molecule has 0 amide bonds. The second kappa shape index (κ2) is 4.98. The quantitative estimate of drug-likeness (QED) is 0.667. The third-order valence-electron chi connectivity index (χ3n) is 7.63. The second-order valence-electron chi connectivity index (χ2n) is 9.97. The molecule has 0 aliphatic heterocycles. The van der Waals surface area contributed by atoms with E-state index in [-0.39, 0.29) is 17.0 Å². The number of carbonyl (C=O) groups is 1. The SMILES string of the molecule is CC(C)C(C)(C)C(=O)OC(C)(C)C12CC3CC(CC(C3)C1)C2. The molecular formula is C20H34O2. The van der Waals surface area contributed by atoms with Gasteiger partial charge in [-0.15, -0.1) is 0 Å². The summed E-state index contributed by atoms with van der Waals surface area (Å²) in [6.07, 6.45) is 8.13. The van der Waals surface area contributed by atoms with Crippen LogP contribution < -0.4 is 0 Å². The van der Waals surface area contributed by atoms with Crippen molar-refractivity contribution < 1.29 is 9.53 Å². The van der Waals surface area contributed by atoms with Crippen LogP contribution in [0.4, 0.5) is 0 Å². The minimum absolute atomic E-state index is 0.0109. The Hall–Kier alpha value is -0.530. The summed E-state index contributed by atoms with van der Waals surface area (Å²) in [4.78, 5) is 12.8. The van der Waals surface area contributed by atoms with Gasteiger partial charge in [0.05, 0.1) is 5.41 Å². The van der Waals surface area contributed by atoms with Gasteiger partial charge in [-0.2, -0.15) is 0 Å². The lowest BCUT2D eigenvalue weighted by molar-refractivity contribution is -0.207. The van der Waals surface area contributed by atoms with Crippen molar-refractivity contribution in [2.45, 2.75) is 85.7 Å². The van der Waals surface area contributed by atoms with Gasteiger partial charge in [-0.05, 0) is 89.9 Å². The number of hydrogen-bond donors (Lipinski definition) is 0. The summed E-state index contributed by atoms with van der Waals surface area (Å²) in [7, 11) is 0. The molecule has 0 aromatic rings. The van der Waals surface area contributed by atoms with E-state index >= 15 is 0 Å². The van der Waals surface area contributed by atoms with E-state index in [0.29, 0.717) is 5.92 Å². The average molecular weight is 306 g/mol. The number of rotatable bonds is 4. The highest BCUT2D eigenvalue weighted by Crippen LogP contribution is 2.64. The normalized spacial score (nSPS) is 37.7. The van der Waals surface area contributed by atoms with Crippen LogP contribution in [0.3, 0.4) is 0 Å². The maximum absolute atomic E-state index is 12.8. The summed E-state index contributed by atoms with van der Waals surface area (Å²) in [6, 6.07) is 0. The fraction of sp³-hybridized carbons (Fsp3) is 0.950. The Bertz CT molecular complexity index is 423. The maximum atomic E-state index is 12.8. The van der Waals surface area contributed by atoms with Crippen molar-refractivity contribution in [2.75, 3.05) is 0 Å². The van der Waals surface area contributed by atoms with E-state index in [0.717, 1.165) is 17.8 Å². The van der Waals surface area contributed by atoms with E-state index in [2.05, 4.69) is 27.7 Å². The minimum atomic E-state index is -0.403. The first kappa shape index (κ1) is 16.3. The summed E-state index contributed by atoms with van der Waals surface area (Å²) in [5, 5.41) is 0. The Balaban J connectivity index is 1.80. The molecule has 126 valence electrons. The molecular weight excluding hydrogens is 272 g/mol. The zero-order valence-corrected chi connectivity index (χ0v) is 15.4. The second-order valence-corrected chi connectivity index (χ2v) is 9.97. The third kappa shape index (κ3) is 2.41. The molecule has 22 heavy (non-hydrogen) atoms. The molecule has 2 heteroatoms. The van der Waals surface area contributed by atoms with Crippen LogP contribution in [0.5, 0.6) is 0 Å². The molecule has 0 unspecified atom stereocenters. The summed E-state index contributed by atoms with van der Waals surface area (Å²) < 4.78 is 6.21. The van der Waals surface area contributed by atoms with E-state index in [4.69, 9.17) is 4.74 Å². The maximum Gasteiger partial charge on any atom is 0.312 e. The predicted octanol–water partition coefficient (Wildman–Crippen LogP) is 5.21. The Morgan fingerprint density at radius 2 is 1.36 bits per heavy atom. The minimum Gasteiger partial charge on any atom is -0.459 e. The molecule has 4 aliphatic rings. The Morgan fingerprint density at radius 1 is 0.955 bits per heavy atom. The first-order valence-electron chi connectivity index (χ1n) is 9.29. The van der Waals surface area contributed by atoms with Crippen molar-refractivity contribution in [3.05, 3.63) is 0 Å². The van der Waals surface area contributed by atoms with Gasteiger partial charge in [-0.25, -0.2) is 0 Å². The lowest BCUT2D eigenvalue weighted by Crippen LogP contribution is -2.58. The standard InChI is InChI=1S/C20H34O2/c1-13(2)18(3,4)17(21)22-19(5,6)20-10-14-7-15(11-20)9-16(8-14)12-20/h13-16H,7-12H2,1-6H3. The van der Waals surface area contributed by atoms with Crippen molar-refractivity contribution in [1.82, 2.24) is 0 Å². The highest BCUT2D eigenvalue weighted by atomic mass is 16.6. The van der Waals surface area contributed by atoms with Gasteiger partial charge in [0.2, 0.25) is 0 Å². The summed E-state index contributed by atoms with van der Waals surface area (Å²) in [5.41, 5.74) is -0.490. The van der Waals surface area contributed by atoms with Crippen LogP contribution in [0.2, 0.25) is 0 Å². The molecule has 0 aromatic carbocycles. The summed E-state index contributed by atoms with van der Waals surface area (Å²) in [6.45, 7) is 12.6. The highest BCUT2D eigenvalue weighted by molar-refractivity contribution is 5.76. The Labute approximate surface area is 136 Å². The van der Waals surface area contributed by atoms with E-state index in [9.17, 15) is 4.79 Å². The average Bonchev–Trinajstić information content (AvgIpc) is 2.35. The van der Waals surface area contributed by atoms with E-state index in [1.165, 1.54) is 38.5 Å². The predicted molar refractivity (Wildman–Crippen MR) is 89.4 cm³/mol. The van der Waals surface area contributed by atoms with Crippen molar-refractivity contribution in [1.29, 1.82) is 0 Å². The van der Waals surface area contributed by atoms with Crippen LogP contribution >= 0.6 is 0 Å². The number of esters is 1. The molecule has 0 aromatic heterocycles. The molecule has 0 radical (unpaired) electrons. The molecule has 0 spiro atoms. The smallest absolute Gasteiger partial charge is 0.312 e. The lowest BCUT2D eigenvalue weighted by Gasteiger charge is -2.61. The van der Waals surface area contributed by atoms with E-state index in [1.807, 2.05) is 13.8 Å². The lowest BCUT2D eigenvalue weighted by atomic mass is 9.46. The molecule has 4 saturated carbocycles. The van der Waals surface area contributed by atoms with Gasteiger partial charge in [0.1, 0.15) is 5.60 Å². The first-order chi connectivity index (χ1) is 10.1. The van der Waals surface area contributed by atoms with Gasteiger partial charge in [0.15, 0.2) is 0 Å². The van der Waals surface area contributed by atoms with Gasteiger partial charge in [0, 0.05) is 5.41 Å². The topological polar surface area (TPSA) is 26.3 Å². The number of carbonyl (C=O) groups excluding carboxylic acids is 1. The Morgan fingerprint density at radius 3 is 1.73 bits per heavy atom. The van der Waals surface area contributed by atoms with Gasteiger partial charge in [0.25, 0.3) is 0 Å². The Kier molecular flexibility index (Phi) is 3.70. The van der Waals surface area contributed by atoms with E-state index in [1.54, 1.807) is 0 Å². The van der Waals surface area contributed by atoms with Crippen LogP contribution in [0.25, 0.3) is 0 Å². The third-order valence-corrected chi connectivity index (χ3v) is 7.63. The molecule has 4 bridgehead atoms. The number of ether oxygens (including phenoxy) is 1. The zero-order chi connectivity index (χ0) is 16.3. The highest BCUT2D eigenvalue weighted by Gasteiger charge is 2.59. The fourth-order valence-electron chi connectivity index (χ4n) is 5.56. The molecule has 0 heterocycles. The van der Waals surface area contributed by atoms with Crippen molar-refractivity contribution >= 4 is 5.97 Å². The molecule has 0 N–H and O–H groups in total. The van der Waals surface area contributed by atoms with Crippen LogP contribution in [0, 0.1) is 34.5 Å². The zero-order valence-electron chi connectivity index (χ0n) is 15.4. The van der Waals surface area contributed by atoms with Crippen molar-refractivity contribution in [2.24, 2.45) is 34.5 Å². The molecule has 0 saturated heterocycles. The van der Waals surface area contributed by atoms with Gasteiger partial charge < -0.3 is 4.74 Å². The first-order valence-corrected chi connectivity index (χ1v) is 9.29. The van der Waals surface area contributed by atoms with Gasteiger partial charge >= 0.3 is 5.97 Å². The largest absolute Gasteiger partial charge is 0.459 e. The number of hydrogen-bond acceptors (Lipinski definition) is 2. The van der Waals surface area contributed by atoms with Gasteiger partial charge in [-0.3, -0.25) is 4.79 Å². The molecule has 4 aliphatic carbocycles.